The molecule has 0 aliphatic carbocycles. The van der Waals surface area contributed by atoms with Crippen LogP contribution in [0.2, 0.25) is 10.0 Å². The summed E-state index contributed by atoms with van der Waals surface area (Å²) in [7, 11) is 0. The van der Waals surface area contributed by atoms with Crippen molar-refractivity contribution in [3.63, 3.8) is 0 Å². The quantitative estimate of drug-likeness (QED) is 0.502. The third kappa shape index (κ3) is 4.77. The SMILES string of the molecule is C#CCNCC(C)Oc1cc(Cl)c(Br)cc1Cl. The highest BCUT2D eigenvalue weighted by atomic mass is 79.9. The Morgan fingerprint density at radius 1 is 1.47 bits per heavy atom. The van der Waals surface area contributed by atoms with Crippen molar-refractivity contribution in [3.8, 4) is 18.1 Å². The second-order valence-corrected chi connectivity index (χ2v) is 5.13. The minimum absolute atomic E-state index is 0.0434. The van der Waals surface area contributed by atoms with E-state index >= 15 is 0 Å². The zero-order chi connectivity index (χ0) is 12.8. The molecule has 0 aromatic heterocycles. The summed E-state index contributed by atoms with van der Waals surface area (Å²) in [5.41, 5.74) is 0. The Kier molecular flexibility index (Phi) is 6.15. The summed E-state index contributed by atoms with van der Waals surface area (Å²) < 4.78 is 6.40. The number of hydrogen-bond acceptors (Lipinski definition) is 2. The molecule has 1 atom stereocenters. The number of benzene rings is 1. The Labute approximate surface area is 120 Å². The second-order valence-electron chi connectivity index (χ2n) is 3.46. The number of nitrogens with one attached hydrogen (secondary N) is 1. The first-order valence-corrected chi connectivity index (χ1v) is 6.55. The summed E-state index contributed by atoms with van der Waals surface area (Å²) in [5, 5.41) is 4.14. The van der Waals surface area contributed by atoms with Crippen molar-refractivity contribution in [3.05, 3.63) is 26.7 Å². The van der Waals surface area contributed by atoms with Gasteiger partial charge in [0, 0.05) is 17.1 Å². The number of halogens is 3. The molecule has 0 fully saturated rings. The van der Waals surface area contributed by atoms with E-state index in [-0.39, 0.29) is 6.10 Å². The van der Waals surface area contributed by atoms with Gasteiger partial charge >= 0.3 is 0 Å². The highest BCUT2D eigenvalue weighted by Gasteiger charge is 2.10. The van der Waals surface area contributed by atoms with Crippen LogP contribution in [0.3, 0.4) is 0 Å². The normalized spacial score (nSPS) is 11.9. The van der Waals surface area contributed by atoms with E-state index in [1.807, 2.05) is 6.92 Å². The number of ether oxygens (including phenoxy) is 1. The lowest BCUT2D eigenvalue weighted by molar-refractivity contribution is 0.219. The third-order valence-corrected chi connectivity index (χ3v) is 3.45. The zero-order valence-electron chi connectivity index (χ0n) is 9.27. The molecule has 0 spiro atoms. The molecule has 0 aliphatic rings. The average Bonchev–Trinajstić information content (AvgIpc) is 2.26. The molecule has 5 heteroatoms. The summed E-state index contributed by atoms with van der Waals surface area (Å²) in [6.07, 6.45) is 5.09. The molecule has 0 bridgehead atoms. The van der Waals surface area contributed by atoms with E-state index in [9.17, 15) is 0 Å². The molecule has 0 saturated carbocycles. The molecule has 1 aromatic rings. The first-order chi connectivity index (χ1) is 8.04. The van der Waals surface area contributed by atoms with E-state index in [4.69, 9.17) is 34.4 Å². The fourth-order valence-electron chi connectivity index (χ4n) is 1.20. The smallest absolute Gasteiger partial charge is 0.139 e. The van der Waals surface area contributed by atoms with Crippen molar-refractivity contribution in [2.24, 2.45) is 0 Å². The first-order valence-electron chi connectivity index (χ1n) is 5.00. The maximum Gasteiger partial charge on any atom is 0.139 e. The van der Waals surface area contributed by atoms with Gasteiger partial charge in [0.05, 0.1) is 16.6 Å². The van der Waals surface area contributed by atoms with Crippen LogP contribution < -0.4 is 10.1 Å². The lowest BCUT2D eigenvalue weighted by Gasteiger charge is -2.16. The molecule has 0 aliphatic heterocycles. The summed E-state index contributed by atoms with van der Waals surface area (Å²) >= 11 is 15.3. The van der Waals surface area contributed by atoms with Gasteiger partial charge in [0.25, 0.3) is 0 Å². The van der Waals surface area contributed by atoms with Crippen molar-refractivity contribution < 1.29 is 4.74 Å². The Morgan fingerprint density at radius 2 is 2.18 bits per heavy atom. The van der Waals surface area contributed by atoms with Gasteiger partial charge in [0.1, 0.15) is 11.9 Å². The maximum atomic E-state index is 6.04. The fourth-order valence-corrected chi connectivity index (χ4v) is 2.04. The molecule has 0 radical (unpaired) electrons. The summed E-state index contributed by atoms with van der Waals surface area (Å²) in [6, 6.07) is 3.40. The van der Waals surface area contributed by atoms with Gasteiger partial charge in [0.15, 0.2) is 0 Å². The Bertz CT molecular complexity index is 431. The Hall–Kier alpha value is -0.400. The van der Waals surface area contributed by atoms with E-state index in [0.717, 1.165) is 4.47 Å². The summed E-state index contributed by atoms with van der Waals surface area (Å²) in [5.74, 6) is 3.06. The Morgan fingerprint density at radius 3 is 2.82 bits per heavy atom. The first kappa shape index (κ1) is 14.7. The highest BCUT2D eigenvalue weighted by molar-refractivity contribution is 9.10. The number of terminal acetylenes is 1. The Balaban J connectivity index is 2.62. The minimum atomic E-state index is -0.0434. The van der Waals surface area contributed by atoms with Crippen LogP contribution in [-0.4, -0.2) is 19.2 Å². The largest absolute Gasteiger partial charge is 0.488 e. The lowest BCUT2D eigenvalue weighted by Crippen LogP contribution is -2.29. The van der Waals surface area contributed by atoms with Gasteiger partial charge < -0.3 is 10.1 Å². The molecule has 92 valence electrons. The van der Waals surface area contributed by atoms with Crippen molar-refractivity contribution in [1.29, 1.82) is 0 Å². The van der Waals surface area contributed by atoms with Crippen molar-refractivity contribution >= 4 is 39.1 Å². The van der Waals surface area contributed by atoms with Gasteiger partial charge in [-0.25, -0.2) is 0 Å². The summed E-state index contributed by atoms with van der Waals surface area (Å²) in [4.78, 5) is 0. The minimum Gasteiger partial charge on any atom is -0.488 e. The van der Waals surface area contributed by atoms with Crippen LogP contribution in [-0.2, 0) is 0 Å². The van der Waals surface area contributed by atoms with Gasteiger partial charge in [-0.2, -0.15) is 0 Å². The molecule has 0 heterocycles. The van der Waals surface area contributed by atoms with Crippen LogP contribution >= 0.6 is 39.1 Å². The number of rotatable bonds is 5. The molecule has 1 N–H and O–H groups in total. The zero-order valence-corrected chi connectivity index (χ0v) is 12.4. The molecule has 0 amide bonds. The number of hydrogen-bond donors (Lipinski definition) is 1. The monoisotopic (exact) mass is 335 g/mol. The van der Waals surface area contributed by atoms with Gasteiger partial charge in [-0.15, -0.1) is 6.42 Å². The van der Waals surface area contributed by atoms with Gasteiger partial charge in [-0.1, -0.05) is 29.1 Å². The van der Waals surface area contributed by atoms with Crippen molar-refractivity contribution in [2.45, 2.75) is 13.0 Å². The molecule has 1 aromatic carbocycles. The van der Waals surface area contributed by atoms with Crippen LogP contribution in [0.4, 0.5) is 0 Å². The molecular weight excluding hydrogens is 325 g/mol. The van der Waals surface area contributed by atoms with E-state index in [0.29, 0.717) is 28.9 Å². The standard InChI is InChI=1S/C12H12BrCl2NO/c1-3-4-16-7-8(2)17-12-6-10(14)9(13)5-11(12)15/h1,5-6,8,16H,4,7H2,2H3. The maximum absolute atomic E-state index is 6.04. The molecular formula is C12H12BrCl2NO. The van der Waals surface area contributed by atoms with Crippen LogP contribution in [0.5, 0.6) is 5.75 Å². The van der Waals surface area contributed by atoms with E-state index in [1.54, 1.807) is 12.1 Å². The highest BCUT2D eigenvalue weighted by Crippen LogP contribution is 2.34. The molecule has 1 unspecified atom stereocenters. The summed E-state index contributed by atoms with van der Waals surface area (Å²) in [6.45, 7) is 3.09. The van der Waals surface area contributed by atoms with E-state index in [2.05, 4.69) is 27.2 Å². The predicted molar refractivity (Wildman–Crippen MR) is 76.0 cm³/mol. The average molecular weight is 337 g/mol. The lowest BCUT2D eigenvalue weighted by atomic mass is 10.3. The van der Waals surface area contributed by atoms with Crippen LogP contribution in [0.15, 0.2) is 16.6 Å². The van der Waals surface area contributed by atoms with Crippen LogP contribution in [0.25, 0.3) is 0 Å². The van der Waals surface area contributed by atoms with Crippen molar-refractivity contribution in [1.82, 2.24) is 5.32 Å². The second kappa shape index (κ2) is 7.13. The predicted octanol–water partition coefficient (Wildman–Crippen LogP) is 3.75. The van der Waals surface area contributed by atoms with Gasteiger partial charge in [-0.05, 0) is 28.9 Å². The van der Waals surface area contributed by atoms with Gasteiger partial charge in [0.2, 0.25) is 0 Å². The molecule has 17 heavy (non-hydrogen) atoms. The van der Waals surface area contributed by atoms with Crippen molar-refractivity contribution in [2.75, 3.05) is 13.1 Å². The third-order valence-electron chi connectivity index (χ3n) is 1.96. The van der Waals surface area contributed by atoms with Crippen LogP contribution in [0.1, 0.15) is 6.92 Å². The molecule has 0 saturated heterocycles. The van der Waals surface area contributed by atoms with Crippen LogP contribution in [0, 0.1) is 12.3 Å². The molecule has 2 nitrogen and oxygen atoms in total. The fraction of sp³-hybridized carbons (Fsp3) is 0.333. The molecule has 1 rings (SSSR count). The van der Waals surface area contributed by atoms with E-state index in [1.165, 1.54) is 0 Å². The topological polar surface area (TPSA) is 21.3 Å². The van der Waals surface area contributed by atoms with E-state index < -0.39 is 0 Å². The van der Waals surface area contributed by atoms with Gasteiger partial charge in [-0.3, -0.25) is 0 Å².